The van der Waals surface area contributed by atoms with Gasteiger partial charge in [0.2, 0.25) is 0 Å². The number of aromatic hydroxyl groups is 1. The summed E-state index contributed by atoms with van der Waals surface area (Å²) in [6.07, 6.45) is 0. The van der Waals surface area contributed by atoms with Crippen LogP contribution < -0.4 is 5.32 Å². The van der Waals surface area contributed by atoms with E-state index in [1.165, 1.54) is 18.2 Å². The third kappa shape index (κ3) is 3.29. The normalized spacial score (nSPS) is 10.4. The number of halogens is 3. The van der Waals surface area contributed by atoms with Crippen LogP contribution in [0.2, 0.25) is 0 Å². The highest BCUT2D eigenvalue weighted by atomic mass is 127. The van der Waals surface area contributed by atoms with Crippen LogP contribution in [0, 0.1) is 16.3 Å². The molecule has 104 valence electrons. The molecule has 0 saturated carbocycles. The van der Waals surface area contributed by atoms with E-state index < -0.39 is 0 Å². The second-order valence-electron chi connectivity index (χ2n) is 4.20. The van der Waals surface area contributed by atoms with Crippen molar-refractivity contribution in [3.63, 3.8) is 0 Å². The van der Waals surface area contributed by atoms with Crippen LogP contribution in [-0.4, -0.2) is 11.0 Å². The van der Waals surface area contributed by atoms with Gasteiger partial charge in [0.15, 0.2) is 0 Å². The van der Waals surface area contributed by atoms with Crippen LogP contribution >= 0.6 is 38.5 Å². The fourth-order valence-corrected chi connectivity index (χ4v) is 2.31. The first kappa shape index (κ1) is 15.2. The summed E-state index contributed by atoms with van der Waals surface area (Å²) in [5.74, 6) is -0.694. The first-order chi connectivity index (χ1) is 9.38. The molecule has 0 atom stereocenters. The molecule has 2 aromatic rings. The van der Waals surface area contributed by atoms with Gasteiger partial charge in [-0.15, -0.1) is 0 Å². The molecule has 0 aliphatic rings. The summed E-state index contributed by atoms with van der Waals surface area (Å²) >= 11 is 5.05. The van der Waals surface area contributed by atoms with Crippen molar-refractivity contribution in [1.29, 1.82) is 0 Å². The smallest absolute Gasteiger partial charge is 0.255 e. The van der Waals surface area contributed by atoms with Gasteiger partial charge in [-0.1, -0.05) is 0 Å². The molecule has 2 aromatic carbocycles. The maximum atomic E-state index is 13.3. The van der Waals surface area contributed by atoms with Crippen molar-refractivity contribution in [2.24, 2.45) is 0 Å². The van der Waals surface area contributed by atoms with Crippen molar-refractivity contribution in [3.8, 4) is 5.75 Å². The zero-order valence-electron chi connectivity index (χ0n) is 10.4. The Balaban J connectivity index is 2.27. The summed E-state index contributed by atoms with van der Waals surface area (Å²) in [5.41, 5.74) is 1.47. The number of phenolic OH excluding ortho intramolecular Hbond substituents is 1. The number of amides is 1. The van der Waals surface area contributed by atoms with Gasteiger partial charge in [0, 0.05) is 11.3 Å². The van der Waals surface area contributed by atoms with Gasteiger partial charge in [-0.25, -0.2) is 4.39 Å². The molecule has 2 rings (SSSR count). The minimum absolute atomic E-state index is 0.0512. The highest BCUT2D eigenvalue weighted by Crippen LogP contribution is 2.25. The number of aryl methyl sites for hydroxylation is 1. The number of rotatable bonds is 2. The number of phenols is 1. The molecule has 0 unspecified atom stereocenters. The van der Waals surface area contributed by atoms with Crippen LogP contribution in [0.25, 0.3) is 0 Å². The molecule has 6 heteroatoms. The topological polar surface area (TPSA) is 49.3 Å². The summed E-state index contributed by atoms with van der Waals surface area (Å²) in [5, 5.41) is 12.3. The van der Waals surface area contributed by atoms with Crippen LogP contribution in [0.1, 0.15) is 15.9 Å². The SMILES string of the molecule is Cc1cc(F)c(Br)cc1NC(=O)c1ccc(I)c(O)c1. The molecule has 0 radical (unpaired) electrons. The highest BCUT2D eigenvalue weighted by molar-refractivity contribution is 14.1. The highest BCUT2D eigenvalue weighted by Gasteiger charge is 2.11. The number of carbonyl (C=O) groups is 1. The average Bonchev–Trinajstić information content (AvgIpc) is 2.39. The van der Waals surface area contributed by atoms with Crippen molar-refractivity contribution in [2.45, 2.75) is 6.92 Å². The van der Waals surface area contributed by atoms with Crippen molar-refractivity contribution in [2.75, 3.05) is 5.32 Å². The number of hydrogen-bond acceptors (Lipinski definition) is 2. The summed E-state index contributed by atoms with van der Waals surface area (Å²) in [7, 11) is 0. The fraction of sp³-hybridized carbons (Fsp3) is 0.0714. The molecular formula is C14H10BrFINO2. The largest absolute Gasteiger partial charge is 0.507 e. The zero-order valence-corrected chi connectivity index (χ0v) is 14.1. The Hall–Kier alpha value is -1.15. The first-order valence-electron chi connectivity index (χ1n) is 5.64. The van der Waals surface area contributed by atoms with Gasteiger partial charge in [-0.3, -0.25) is 4.79 Å². The molecule has 0 saturated heterocycles. The van der Waals surface area contributed by atoms with Gasteiger partial charge in [0.1, 0.15) is 11.6 Å². The molecule has 0 fully saturated rings. The number of anilines is 1. The third-order valence-corrected chi connectivity index (χ3v) is 4.24. The van der Waals surface area contributed by atoms with Crippen molar-refractivity contribution in [3.05, 3.63) is 55.3 Å². The Morgan fingerprint density at radius 1 is 1.35 bits per heavy atom. The van der Waals surface area contributed by atoms with E-state index >= 15 is 0 Å². The summed E-state index contributed by atoms with van der Waals surface area (Å²) < 4.78 is 14.3. The number of hydrogen-bond donors (Lipinski definition) is 2. The Morgan fingerprint density at radius 2 is 2.05 bits per heavy atom. The Kier molecular flexibility index (Phi) is 4.64. The van der Waals surface area contributed by atoms with E-state index in [4.69, 9.17) is 0 Å². The molecule has 0 aromatic heterocycles. The van der Waals surface area contributed by atoms with Crippen LogP contribution in [0.15, 0.2) is 34.8 Å². The van der Waals surface area contributed by atoms with E-state index in [1.54, 1.807) is 19.1 Å². The predicted octanol–water partition coefficient (Wildman–Crippen LogP) is 4.46. The van der Waals surface area contributed by atoms with Crippen LogP contribution in [0.4, 0.5) is 10.1 Å². The van der Waals surface area contributed by atoms with Gasteiger partial charge in [0.05, 0.1) is 8.04 Å². The Bertz CT molecular complexity index is 691. The van der Waals surface area contributed by atoms with Gasteiger partial charge < -0.3 is 10.4 Å². The minimum atomic E-state index is -0.382. The molecule has 3 nitrogen and oxygen atoms in total. The molecule has 0 heterocycles. The second kappa shape index (κ2) is 6.09. The average molecular weight is 450 g/mol. The number of benzene rings is 2. The molecule has 20 heavy (non-hydrogen) atoms. The molecule has 0 aliphatic heterocycles. The Labute approximate surface area is 137 Å². The summed E-state index contributed by atoms with van der Waals surface area (Å²) in [4.78, 5) is 12.1. The van der Waals surface area contributed by atoms with Gasteiger partial charge >= 0.3 is 0 Å². The monoisotopic (exact) mass is 449 g/mol. The maximum Gasteiger partial charge on any atom is 0.255 e. The van der Waals surface area contributed by atoms with E-state index in [1.807, 2.05) is 22.6 Å². The number of carbonyl (C=O) groups excluding carboxylic acids is 1. The van der Waals surface area contributed by atoms with Crippen molar-refractivity contribution >= 4 is 50.1 Å². The molecule has 1 amide bonds. The second-order valence-corrected chi connectivity index (χ2v) is 6.22. The first-order valence-corrected chi connectivity index (χ1v) is 7.51. The van der Waals surface area contributed by atoms with Gasteiger partial charge in [-0.05, 0) is 81.3 Å². The molecule has 0 spiro atoms. The van der Waals surface area contributed by atoms with E-state index in [9.17, 15) is 14.3 Å². The minimum Gasteiger partial charge on any atom is -0.507 e. The Morgan fingerprint density at radius 3 is 2.70 bits per heavy atom. The van der Waals surface area contributed by atoms with Crippen LogP contribution in [0.3, 0.4) is 0 Å². The van der Waals surface area contributed by atoms with E-state index in [-0.39, 0.29) is 21.9 Å². The third-order valence-electron chi connectivity index (χ3n) is 2.72. The standard InChI is InChI=1S/C14H10BrFINO2/c1-7-4-10(16)9(15)6-12(7)18-14(20)8-2-3-11(17)13(19)5-8/h2-6,19H,1H3,(H,18,20). The molecule has 0 bridgehead atoms. The van der Waals surface area contributed by atoms with Crippen molar-refractivity contribution < 1.29 is 14.3 Å². The fourth-order valence-electron chi connectivity index (χ4n) is 1.63. The summed E-state index contributed by atoms with van der Waals surface area (Å²) in [6.45, 7) is 1.70. The lowest BCUT2D eigenvalue weighted by atomic mass is 10.1. The lowest BCUT2D eigenvalue weighted by molar-refractivity contribution is 0.102. The maximum absolute atomic E-state index is 13.3. The number of nitrogens with one attached hydrogen (secondary N) is 1. The van der Waals surface area contributed by atoms with E-state index in [0.29, 0.717) is 20.4 Å². The molecular weight excluding hydrogens is 440 g/mol. The predicted molar refractivity (Wildman–Crippen MR) is 87.6 cm³/mol. The quantitative estimate of drug-likeness (QED) is 0.665. The van der Waals surface area contributed by atoms with Crippen LogP contribution in [0.5, 0.6) is 5.75 Å². The van der Waals surface area contributed by atoms with E-state index in [2.05, 4.69) is 21.2 Å². The molecule has 2 N–H and O–H groups in total. The molecule has 0 aliphatic carbocycles. The summed E-state index contributed by atoms with van der Waals surface area (Å²) in [6, 6.07) is 7.51. The lowest BCUT2D eigenvalue weighted by Crippen LogP contribution is -2.13. The van der Waals surface area contributed by atoms with Gasteiger partial charge in [-0.2, -0.15) is 0 Å². The lowest BCUT2D eigenvalue weighted by Gasteiger charge is -2.10. The van der Waals surface area contributed by atoms with E-state index in [0.717, 1.165) is 0 Å². The zero-order chi connectivity index (χ0) is 14.9. The van der Waals surface area contributed by atoms with Gasteiger partial charge in [0.25, 0.3) is 5.91 Å². The van der Waals surface area contributed by atoms with Crippen LogP contribution in [-0.2, 0) is 0 Å². The van der Waals surface area contributed by atoms with Crippen molar-refractivity contribution in [1.82, 2.24) is 0 Å².